The molecule has 0 unspecified atom stereocenters. The normalized spacial score (nSPS) is 18.5. The summed E-state index contributed by atoms with van der Waals surface area (Å²) in [6, 6.07) is 8.97. The second-order valence-electron chi connectivity index (χ2n) is 10.5. The highest BCUT2D eigenvalue weighted by Crippen LogP contribution is 2.39. The molecule has 1 aliphatic carbocycles. The Morgan fingerprint density at radius 1 is 0.806 bits per heavy atom. The van der Waals surface area contributed by atoms with Crippen LogP contribution in [0.25, 0.3) is 0 Å². The smallest absolute Gasteiger partial charge is 0.316 e. The molecule has 0 bridgehead atoms. The highest BCUT2D eigenvalue weighted by Gasteiger charge is 2.36. The van der Waals surface area contributed by atoms with E-state index in [-0.39, 0.29) is 12.3 Å². The van der Waals surface area contributed by atoms with Gasteiger partial charge in [-0.1, -0.05) is 70.6 Å². The quantitative estimate of drug-likeness (QED) is 0.183. The molecule has 5 heteroatoms. The van der Waals surface area contributed by atoms with Crippen LogP contribution in [-0.2, 0) is 23.7 Å². The van der Waals surface area contributed by atoms with Gasteiger partial charge in [-0.3, -0.25) is 0 Å². The average Bonchev–Trinajstić information content (AvgIpc) is 2.86. The van der Waals surface area contributed by atoms with Crippen LogP contribution in [-0.4, -0.2) is 6.61 Å². The first-order valence-electron chi connectivity index (χ1n) is 13.9. The lowest BCUT2D eigenvalue weighted by Crippen LogP contribution is -2.22. The van der Waals surface area contributed by atoms with Gasteiger partial charge in [0.2, 0.25) is 0 Å². The van der Waals surface area contributed by atoms with Crippen molar-refractivity contribution in [3.8, 4) is 0 Å². The molecular weight excluding hydrogens is 464 g/mol. The summed E-state index contributed by atoms with van der Waals surface area (Å²) in [4.78, 5) is 0. The van der Waals surface area contributed by atoms with E-state index in [1.807, 2.05) is 6.07 Å². The summed E-state index contributed by atoms with van der Waals surface area (Å²) in [5.74, 6) is -0.396. The fourth-order valence-corrected chi connectivity index (χ4v) is 5.38. The van der Waals surface area contributed by atoms with E-state index in [4.69, 9.17) is 4.74 Å². The zero-order valence-electron chi connectivity index (χ0n) is 21.9. The minimum absolute atomic E-state index is 0.00212. The number of rotatable bonds is 14. The molecule has 1 saturated carbocycles. The van der Waals surface area contributed by atoms with Gasteiger partial charge in [0.25, 0.3) is 0 Å². The van der Waals surface area contributed by atoms with Crippen molar-refractivity contribution >= 4 is 0 Å². The SMILES string of the molecule is CCCCCc1ccc(CCOC(F)(F)c2ccc(C3CCC(CCCCC)CC3)cc2F)c(F)c1. The van der Waals surface area contributed by atoms with Crippen LogP contribution in [0, 0.1) is 17.6 Å². The topological polar surface area (TPSA) is 9.23 Å². The van der Waals surface area contributed by atoms with Crippen molar-refractivity contribution < 1.29 is 22.3 Å². The molecule has 0 amide bonds. The van der Waals surface area contributed by atoms with Crippen LogP contribution in [0.1, 0.15) is 113 Å². The maximum atomic E-state index is 14.7. The predicted octanol–water partition coefficient (Wildman–Crippen LogP) is 9.86. The first kappa shape index (κ1) is 28.7. The van der Waals surface area contributed by atoms with Crippen molar-refractivity contribution in [3.05, 3.63) is 70.3 Å². The lowest BCUT2D eigenvalue weighted by molar-refractivity contribution is -0.249. The summed E-state index contributed by atoms with van der Waals surface area (Å²) in [6.07, 6.45) is 9.41. The summed E-state index contributed by atoms with van der Waals surface area (Å²) in [5, 5.41) is 0. The maximum Gasteiger partial charge on any atom is 0.386 e. The van der Waals surface area contributed by atoms with Crippen molar-refractivity contribution in [2.24, 2.45) is 5.92 Å². The van der Waals surface area contributed by atoms with Crippen molar-refractivity contribution in [2.45, 2.75) is 109 Å². The van der Waals surface area contributed by atoms with Crippen LogP contribution < -0.4 is 0 Å². The first-order chi connectivity index (χ1) is 17.3. The molecule has 0 atom stereocenters. The minimum Gasteiger partial charge on any atom is -0.316 e. The standard InChI is InChI=1S/C31H42F4O/c1-3-5-7-9-23-11-14-25(15-12-23)27-17-18-28(30(33)22-27)31(34,35)36-20-19-26-16-13-24(21-29(26)32)10-8-6-4-2/h13,16-18,21-23,25H,3-12,14-15,19-20H2,1-2H3. The van der Waals surface area contributed by atoms with Crippen LogP contribution in [0.4, 0.5) is 17.6 Å². The van der Waals surface area contributed by atoms with Gasteiger partial charge in [-0.15, -0.1) is 0 Å². The molecule has 0 saturated heterocycles. The zero-order valence-corrected chi connectivity index (χ0v) is 21.9. The molecule has 2 aromatic rings. The number of ether oxygens (including phenoxy) is 1. The molecule has 0 aromatic heterocycles. The van der Waals surface area contributed by atoms with Crippen LogP contribution in [0.5, 0.6) is 0 Å². The lowest BCUT2D eigenvalue weighted by Gasteiger charge is -2.29. The Bertz CT molecular complexity index is 934. The third kappa shape index (κ3) is 8.33. The fourth-order valence-electron chi connectivity index (χ4n) is 5.38. The highest BCUT2D eigenvalue weighted by atomic mass is 19.3. The number of benzene rings is 2. The van der Waals surface area contributed by atoms with E-state index in [2.05, 4.69) is 13.8 Å². The zero-order chi connectivity index (χ0) is 26.0. The Labute approximate surface area is 214 Å². The third-order valence-electron chi connectivity index (χ3n) is 7.68. The van der Waals surface area contributed by atoms with Gasteiger partial charge in [0.15, 0.2) is 0 Å². The fraction of sp³-hybridized carbons (Fsp3) is 0.613. The number of hydrogen-bond acceptors (Lipinski definition) is 1. The summed E-state index contributed by atoms with van der Waals surface area (Å²) in [7, 11) is 0. The van der Waals surface area contributed by atoms with Gasteiger partial charge < -0.3 is 4.74 Å². The molecule has 0 radical (unpaired) electrons. The summed E-state index contributed by atoms with van der Waals surface area (Å²) < 4.78 is 63.3. The van der Waals surface area contributed by atoms with Crippen molar-refractivity contribution in [2.75, 3.05) is 6.61 Å². The molecule has 0 heterocycles. The molecule has 1 aliphatic rings. The van der Waals surface area contributed by atoms with Gasteiger partial charge in [0.05, 0.1) is 12.2 Å². The molecule has 0 N–H and O–H groups in total. The van der Waals surface area contributed by atoms with Gasteiger partial charge in [-0.2, -0.15) is 8.78 Å². The number of unbranched alkanes of at least 4 members (excludes halogenated alkanes) is 4. The Balaban J connectivity index is 1.51. The van der Waals surface area contributed by atoms with E-state index in [1.54, 1.807) is 12.1 Å². The molecule has 36 heavy (non-hydrogen) atoms. The van der Waals surface area contributed by atoms with Crippen molar-refractivity contribution in [3.63, 3.8) is 0 Å². The van der Waals surface area contributed by atoms with Crippen LogP contribution in [0.3, 0.4) is 0 Å². The number of alkyl halides is 2. The second kappa shape index (κ2) is 14.2. The molecule has 1 nitrogen and oxygen atoms in total. The molecule has 200 valence electrons. The summed E-state index contributed by atoms with van der Waals surface area (Å²) in [5.41, 5.74) is 1.26. The van der Waals surface area contributed by atoms with E-state index in [1.165, 1.54) is 37.8 Å². The van der Waals surface area contributed by atoms with E-state index in [9.17, 15) is 17.6 Å². The lowest BCUT2D eigenvalue weighted by atomic mass is 9.77. The van der Waals surface area contributed by atoms with Gasteiger partial charge in [-0.25, -0.2) is 8.78 Å². The molecular formula is C31H42F4O. The number of hydrogen-bond donors (Lipinski definition) is 0. The third-order valence-corrected chi connectivity index (χ3v) is 7.68. The van der Waals surface area contributed by atoms with E-state index >= 15 is 0 Å². The van der Waals surface area contributed by atoms with Crippen molar-refractivity contribution in [1.29, 1.82) is 0 Å². The molecule has 1 fully saturated rings. The molecule has 0 aliphatic heterocycles. The van der Waals surface area contributed by atoms with Crippen LogP contribution in [0.15, 0.2) is 36.4 Å². The summed E-state index contributed by atoms with van der Waals surface area (Å²) >= 11 is 0. The van der Waals surface area contributed by atoms with Gasteiger partial charge in [0, 0.05) is 0 Å². The van der Waals surface area contributed by atoms with Gasteiger partial charge in [0.1, 0.15) is 11.6 Å². The van der Waals surface area contributed by atoms with Gasteiger partial charge >= 0.3 is 6.11 Å². The average molecular weight is 507 g/mol. The summed E-state index contributed by atoms with van der Waals surface area (Å²) in [6.45, 7) is 3.92. The second-order valence-corrected chi connectivity index (χ2v) is 10.5. The van der Waals surface area contributed by atoms with Crippen LogP contribution in [0.2, 0.25) is 0 Å². The number of aryl methyl sites for hydroxylation is 1. The molecule has 3 rings (SSSR count). The van der Waals surface area contributed by atoms with Crippen molar-refractivity contribution in [1.82, 2.24) is 0 Å². The maximum absolute atomic E-state index is 14.7. The van der Waals surface area contributed by atoms with Crippen LogP contribution >= 0.6 is 0 Å². The van der Waals surface area contributed by atoms with Gasteiger partial charge in [-0.05, 0) is 91.7 Å². The molecule has 2 aromatic carbocycles. The monoisotopic (exact) mass is 506 g/mol. The predicted molar refractivity (Wildman–Crippen MR) is 138 cm³/mol. The molecule has 0 spiro atoms. The Morgan fingerprint density at radius 2 is 1.53 bits per heavy atom. The Morgan fingerprint density at radius 3 is 2.19 bits per heavy atom. The Kier molecular flexibility index (Phi) is 11.3. The van der Waals surface area contributed by atoms with E-state index in [0.29, 0.717) is 5.56 Å². The minimum atomic E-state index is -3.77. The van der Waals surface area contributed by atoms with E-state index in [0.717, 1.165) is 74.5 Å². The Hall–Kier alpha value is -1.88. The number of halogens is 4. The van der Waals surface area contributed by atoms with E-state index < -0.39 is 29.9 Å². The highest BCUT2D eigenvalue weighted by molar-refractivity contribution is 5.29. The largest absolute Gasteiger partial charge is 0.386 e. The first-order valence-corrected chi connectivity index (χ1v) is 13.9.